The summed E-state index contributed by atoms with van der Waals surface area (Å²) in [5.74, 6) is 0.298. The van der Waals surface area contributed by atoms with Crippen molar-refractivity contribution in [1.82, 2.24) is 4.57 Å². The van der Waals surface area contributed by atoms with Crippen molar-refractivity contribution < 1.29 is 4.79 Å². The molecule has 0 saturated heterocycles. The van der Waals surface area contributed by atoms with Gasteiger partial charge < -0.3 is 4.57 Å². The highest BCUT2D eigenvalue weighted by Crippen LogP contribution is 2.29. The Morgan fingerprint density at radius 2 is 1.89 bits per heavy atom. The van der Waals surface area contributed by atoms with Gasteiger partial charge in [-0.15, -0.1) is 0 Å². The van der Waals surface area contributed by atoms with Gasteiger partial charge >= 0.3 is 0 Å². The summed E-state index contributed by atoms with van der Waals surface area (Å²) in [5.41, 5.74) is 5.73. The molecule has 0 N–H and O–H groups in total. The number of fused-ring (bicyclic) bond motifs is 1. The van der Waals surface area contributed by atoms with Crippen molar-refractivity contribution in [2.75, 3.05) is 0 Å². The normalized spacial score (nSPS) is 14.7. The number of para-hydroxylation sites is 1. The second-order valence-corrected chi connectivity index (χ2v) is 5.04. The summed E-state index contributed by atoms with van der Waals surface area (Å²) in [4.78, 5) is 12.0. The van der Waals surface area contributed by atoms with Gasteiger partial charge in [0.1, 0.15) is 0 Å². The zero-order valence-corrected chi connectivity index (χ0v) is 10.9. The highest BCUT2D eigenvalue weighted by atomic mass is 16.1. The highest BCUT2D eigenvalue weighted by molar-refractivity contribution is 5.98. The van der Waals surface area contributed by atoms with Gasteiger partial charge in [0.05, 0.1) is 0 Å². The van der Waals surface area contributed by atoms with Crippen LogP contribution in [0, 0.1) is 13.8 Å². The molecule has 0 amide bonds. The van der Waals surface area contributed by atoms with Crippen LogP contribution in [0.3, 0.4) is 0 Å². The first-order chi connectivity index (χ1) is 8.68. The van der Waals surface area contributed by atoms with Gasteiger partial charge in [-0.25, -0.2) is 0 Å². The first-order valence-corrected chi connectivity index (χ1v) is 6.49. The number of carbonyl (C=O) groups is 1. The molecule has 3 rings (SSSR count). The fourth-order valence-electron chi connectivity index (χ4n) is 2.88. The maximum Gasteiger partial charge on any atom is 0.164 e. The molecular formula is C16H17NO. The van der Waals surface area contributed by atoms with Gasteiger partial charge in [-0.1, -0.05) is 18.2 Å². The lowest BCUT2D eigenvalue weighted by atomic mass is 9.96. The summed E-state index contributed by atoms with van der Waals surface area (Å²) in [7, 11) is 0. The molecule has 2 aromatic rings. The average molecular weight is 239 g/mol. The summed E-state index contributed by atoms with van der Waals surface area (Å²) >= 11 is 0. The van der Waals surface area contributed by atoms with E-state index in [2.05, 4.69) is 42.7 Å². The molecule has 2 nitrogen and oxygen atoms in total. The van der Waals surface area contributed by atoms with Crippen LogP contribution in [0.5, 0.6) is 0 Å². The van der Waals surface area contributed by atoms with E-state index in [4.69, 9.17) is 0 Å². The van der Waals surface area contributed by atoms with Crippen molar-refractivity contribution in [3.63, 3.8) is 0 Å². The van der Waals surface area contributed by atoms with Crippen molar-refractivity contribution in [2.45, 2.75) is 33.1 Å². The lowest BCUT2D eigenvalue weighted by Crippen LogP contribution is -2.13. The molecule has 0 aliphatic heterocycles. The van der Waals surface area contributed by atoms with E-state index in [0.717, 1.165) is 24.1 Å². The van der Waals surface area contributed by atoms with Gasteiger partial charge in [0.2, 0.25) is 0 Å². The van der Waals surface area contributed by atoms with Gasteiger partial charge in [-0.3, -0.25) is 4.79 Å². The van der Waals surface area contributed by atoms with E-state index in [1.807, 2.05) is 6.07 Å². The van der Waals surface area contributed by atoms with Gasteiger partial charge in [-0.2, -0.15) is 0 Å². The summed E-state index contributed by atoms with van der Waals surface area (Å²) in [6.45, 7) is 4.20. The number of aromatic nitrogens is 1. The molecule has 1 aliphatic carbocycles. The van der Waals surface area contributed by atoms with E-state index >= 15 is 0 Å². The van der Waals surface area contributed by atoms with E-state index in [1.54, 1.807) is 0 Å². The number of nitrogens with zero attached hydrogens (tertiary/aromatic N) is 1. The van der Waals surface area contributed by atoms with Gasteiger partial charge in [0.15, 0.2) is 5.78 Å². The predicted octanol–water partition coefficient (Wildman–Crippen LogP) is 3.61. The van der Waals surface area contributed by atoms with Crippen LogP contribution in [0.25, 0.3) is 5.69 Å². The van der Waals surface area contributed by atoms with Crippen LogP contribution in [0.4, 0.5) is 0 Å². The molecule has 92 valence electrons. The molecule has 0 atom stereocenters. The summed E-state index contributed by atoms with van der Waals surface area (Å²) in [6, 6.07) is 10.4. The third-order valence-electron chi connectivity index (χ3n) is 3.76. The molecule has 1 heterocycles. The summed E-state index contributed by atoms with van der Waals surface area (Å²) in [6.07, 6.45) is 2.68. The second kappa shape index (κ2) is 4.13. The molecule has 0 radical (unpaired) electrons. The Bertz CT molecular complexity index is 622. The van der Waals surface area contributed by atoms with Gasteiger partial charge in [0.25, 0.3) is 0 Å². The van der Waals surface area contributed by atoms with E-state index < -0.39 is 0 Å². The third-order valence-corrected chi connectivity index (χ3v) is 3.76. The van der Waals surface area contributed by atoms with Crippen molar-refractivity contribution in [3.8, 4) is 5.69 Å². The predicted molar refractivity (Wildman–Crippen MR) is 72.5 cm³/mol. The standard InChI is InChI=1S/C16H17NO/c1-11-6-3-4-7-14(11)17-12(2)10-13-15(17)8-5-9-16(13)18/h3-4,6-7,10H,5,8-9H2,1-2H3. The fraction of sp³-hybridized carbons (Fsp3) is 0.312. The number of hydrogen-bond acceptors (Lipinski definition) is 1. The Morgan fingerprint density at radius 3 is 2.67 bits per heavy atom. The van der Waals surface area contributed by atoms with Crippen LogP contribution in [-0.2, 0) is 6.42 Å². The summed E-state index contributed by atoms with van der Waals surface area (Å²) in [5, 5.41) is 0. The largest absolute Gasteiger partial charge is 0.317 e. The Kier molecular flexibility index (Phi) is 2.58. The van der Waals surface area contributed by atoms with Crippen molar-refractivity contribution in [1.29, 1.82) is 0 Å². The lowest BCUT2D eigenvalue weighted by Gasteiger charge is -2.17. The minimum atomic E-state index is 0.298. The third kappa shape index (κ3) is 1.60. The molecule has 0 unspecified atom stereocenters. The number of hydrogen-bond donors (Lipinski definition) is 0. The van der Waals surface area contributed by atoms with Crippen LogP contribution >= 0.6 is 0 Å². The van der Waals surface area contributed by atoms with Crippen LogP contribution in [0.15, 0.2) is 30.3 Å². The molecule has 1 aromatic heterocycles. The zero-order valence-electron chi connectivity index (χ0n) is 10.9. The zero-order chi connectivity index (χ0) is 12.7. The molecule has 0 bridgehead atoms. The molecule has 0 fully saturated rings. The van der Waals surface area contributed by atoms with E-state index in [9.17, 15) is 4.79 Å². The van der Waals surface area contributed by atoms with E-state index in [-0.39, 0.29) is 0 Å². The number of carbonyl (C=O) groups excluding carboxylic acids is 1. The fourth-order valence-corrected chi connectivity index (χ4v) is 2.88. The summed E-state index contributed by atoms with van der Waals surface area (Å²) < 4.78 is 2.25. The molecular weight excluding hydrogens is 222 g/mol. The van der Waals surface area contributed by atoms with Gasteiger partial charge in [0, 0.05) is 29.1 Å². The Balaban J connectivity index is 2.25. The molecule has 1 aromatic carbocycles. The smallest absolute Gasteiger partial charge is 0.164 e. The van der Waals surface area contributed by atoms with Crippen molar-refractivity contribution >= 4 is 5.78 Å². The molecule has 0 saturated carbocycles. The Labute approximate surface area is 107 Å². The topological polar surface area (TPSA) is 22.0 Å². The number of aryl methyl sites for hydroxylation is 2. The minimum Gasteiger partial charge on any atom is -0.317 e. The van der Waals surface area contributed by atoms with Crippen LogP contribution in [0.1, 0.15) is 40.2 Å². The monoisotopic (exact) mass is 239 g/mol. The first-order valence-electron chi connectivity index (χ1n) is 6.49. The van der Waals surface area contributed by atoms with E-state index in [0.29, 0.717) is 12.2 Å². The molecule has 2 heteroatoms. The Morgan fingerprint density at radius 1 is 1.11 bits per heavy atom. The number of benzene rings is 1. The Hall–Kier alpha value is -1.83. The lowest BCUT2D eigenvalue weighted by molar-refractivity contribution is 0.0972. The number of ketones is 1. The highest BCUT2D eigenvalue weighted by Gasteiger charge is 2.23. The second-order valence-electron chi connectivity index (χ2n) is 5.04. The van der Waals surface area contributed by atoms with Crippen LogP contribution in [-0.4, -0.2) is 10.4 Å². The average Bonchev–Trinajstić information content (AvgIpc) is 2.68. The van der Waals surface area contributed by atoms with Crippen LogP contribution in [0.2, 0.25) is 0 Å². The maximum atomic E-state index is 12.0. The minimum absolute atomic E-state index is 0.298. The maximum absolute atomic E-state index is 12.0. The molecule has 1 aliphatic rings. The molecule has 0 spiro atoms. The first kappa shape index (κ1) is 11.3. The van der Waals surface area contributed by atoms with Crippen LogP contribution < -0.4 is 0 Å². The SMILES string of the molecule is Cc1ccccc1-n1c(C)cc2c1CCCC2=O. The molecule has 18 heavy (non-hydrogen) atoms. The number of rotatable bonds is 1. The van der Waals surface area contributed by atoms with Gasteiger partial charge in [-0.05, 0) is 44.4 Å². The van der Waals surface area contributed by atoms with E-state index in [1.165, 1.54) is 16.9 Å². The number of Topliss-reactive ketones (excluding diaryl/α,β-unsaturated/α-hetero) is 1. The quantitative estimate of drug-likeness (QED) is 0.745. The van der Waals surface area contributed by atoms with Crippen molar-refractivity contribution in [2.24, 2.45) is 0 Å². The van der Waals surface area contributed by atoms with Crippen molar-refractivity contribution in [3.05, 3.63) is 52.8 Å².